The summed E-state index contributed by atoms with van der Waals surface area (Å²) in [5.74, 6) is -1.41. The largest absolute Gasteiger partial charge is 0.463 e. The standard InChI is InChI=1S/C18H22N2O5/c1-2-24-17(22)10-9-16(21)20-15-8-4-3-7-14(15)18(23)19-12-13-6-5-11-25-13/h3-4,7-10,13H,2,5-6,11-12H2,1H3,(H,19,23)(H,20,21). The van der Waals surface area contributed by atoms with Crippen molar-refractivity contribution in [1.82, 2.24) is 5.32 Å². The molecule has 0 bridgehead atoms. The number of amides is 2. The summed E-state index contributed by atoms with van der Waals surface area (Å²) in [6, 6.07) is 6.67. The van der Waals surface area contributed by atoms with Gasteiger partial charge in [-0.25, -0.2) is 4.79 Å². The first kappa shape index (κ1) is 18.7. The molecule has 1 atom stereocenters. The van der Waals surface area contributed by atoms with Crippen LogP contribution in [-0.2, 0) is 19.1 Å². The molecule has 0 spiro atoms. The zero-order valence-electron chi connectivity index (χ0n) is 14.1. The van der Waals surface area contributed by atoms with E-state index in [0.29, 0.717) is 17.8 Å². The quantitative estimate of drug-likeness (QED) is 0.578. The minimum Gasteiger partial charge on any atom is -0.463 e. The van der Waals surface area contributed by atoms with E-state index in [0.717, 1.165) is 31.6 Å². The predicted octanol–water partition coefficient (Wildman–Crippen LogP) is 1.65. The van der Waals surface area contributed by atoms with Crippen LogP contribution in [0.3, 0.4) is 0 Å². The lowest BCUT2D eigenvalue weighted by Gasteiger charge is -2.13. The maximum atomic E-state index is 12.3. The lowest BCUT2D eigenvalue weighted by molar-refractivity contribution is -0.137. The normalized spacial score (nSPS) is 16.6. The van der Waals surface area contributed by atoms with Crippen molar-refractivity contribution < 1.29 is 23.9 Å². The minimum absolute atomic E-state index is 0.0400. The Morgan fingerprint density at radius 3 is 2.80 bits per heavy atom. The monoisotopic (exact) mass is 346 g/mol. The van der Waals surface area contributed by atoms with Crippen molar-refractivity contribution >= 4 is 23.5 Å². The third kappa shape index (κ3) is 6.04. The van der Waals surface area contributed by atoms with Crippen LogP contribution in [0.2, 0.25) is 0 Å². The van der Waals surface area contributed by atoms with Crippen molar-refractivity contribution in [2.24, 2.45) is 0 Å². The molecule has 0 radical (unpaired) electrons. The van der Waals surface area contributed by atoms with E-state index in [4.69, 9.17) is 9.47 Å². The molecular formula is C18H22N2O5. The second kappa shape index (κ2) is 9.58. The van der Waals surface area contributed by atoms with Crippen LogP contribution in [0, 0.1) is 0 Å². The molecule has 0 aromatic heterocycles. The highest BCUT2D eigenvalue weighted by Gasteiger charge is 2.18. The zero-order chi connectivity index (χ0) is 18.1. The van der Waals surface area contributed by atoms with Gasteiger partial charge in [0.1, 0.15) is 0 Å². The Bertz CT molecular complexity index is 651. The smallest absolute Gasteiger partial charge is 0.330 e. The average molecular weight is 346 g/mol. The number of para-hydroxylation sites is 1. The molecule has 25 heavy (non-hydrogen) atoms. The number of carbonyl (C=O) groups excluding carboxylic acids is 3. The van der Waals surface area contributed by atoms with Gasteiger partial charge in [0.05, 0.1) is 24.0 Å². The highest BCUT2D eigenvalue weighted by atomic mass is 16.5. The van der Waals surface area contributed by atoms with Crippen molar-refractivity contribution in [2.45, 2.75) is 25.9 Å². The Morgan fingerprint density at radius 1 is 1.28 bits per heavy atom. The number of rotatable bonds is 7. The third-order valence-electron chi connectivity index (χ3n) is 3.60. The van der Waals surface area contributed by atoms with E-state index in [9.17, 15) is 14.4 Å². The van der Waals surface area contributed by atoms with Crippen LogP contribution in [0.4, 0.5) is 5.69 Å². The first-order valence-electron chi connectivity index (χ1n) is 8.24. The average Bonchev–Trinajstić information content (AvgIpc) is 3.12. The number of nitrogens with one attached hydrogen (secondary N) is 2. The van der Waals surface area contributed by atoms with E-state index >= 15 is 0 Å². The highest BCUT2D eigenvalue weighted by Crippen LogP contribution is 2.16. The number of anilines is 1. The van der Waals surface area contributed by atoms with E-state index in [1.165, 1.54) is 0 Å². The van der Waals surface area contributed by atoms with Gasteiger partial charge in [0, 0.05) is 25.3 Å². The summed E-state index contributed by atoms with van der Waals surface area (Å²) in [4.78, 5) is 35.5. The highest BCUT2D eigenvalue weighted by molar-refractivity contribution is 6.07. The topological polar surface area (TPSA) is 93.7 Å². The summed E-state index contributed by atoms with van der Waals surface area (Å²) >= 11 is 0. The van der Waals surface area contributed by atoms with Gasteiger partial charge in [-0.15, -0.1) is 0 Å². The van der Waals surface area contributed by atoms with E-state index in [-0.39, 0.29) is 18.6 Å². The summed E-state index contributed by atoms with van der Waals surface area (Å²) in [5, 5.41) is 5.41. The molecule has 0 aliphatic carbocycles. The maximum absolute atomic E-state index is 12.3. The van der Waals surface area contributed by atoms with Crippen molar-refractivity contribution in [2.75, 3.05) is 25.1 Å². The molecule has 2 amide bonds. The molecule has 2 rings (SSSR count). The number of esters is 1. The molecule has 1 saturated heterocycles. The fraction of sp³-hybridized carbons (Fsp3) is 0.389. The van der Waals surface area contributed by atoms with Gasteiger partial charge in [-0.3, -0.25) is 9.59 Å². The Balaban J connectivity index is 1.95. The van der Waals surface area contributed by atoms with Gasteiger partial charge in [-0.2, -0.15) is 0 Å². The van der Waals surface area contributed by atoms with E-state index < -0.39 is 11.9 Å². The molecule has 7 heteroatoms. The second-order valence-electron chi connectivity index (χ2n) is 5.47. The number of hydrogen-bond acceptors (Lipinski definition) is 5. The molecule has 1 aromatic carbocycles. The Hall–Kier alpha value is -2.67. The molecule has 1 aliphatic rings. The molecule has 134 valence electrons. The molecule has 1 unspecified atom stereocenters. The van der Waals surface area contributed by atoms with Gasteiger partial charge in [-0.1, -0.05) is 12.1 Å². The minimum atomic E-state index is -0.597. The van der Waals surface area contributed by atoms with Gasteiger partial charge in [0.2, 0.25) is 5.91 Å². The predicted molar refractivity (Wildman–Crippen MR) is 92.2 cm³/mol. The van der Waals surface area contributed by atoms with Gasteiger partial charge < -0.3 is 20.1 Å². The van der Waals surface area contributed by atoms with E-state index in [2.05, 4.69) is 10.6 Å². The van der Waals surface area contributed by atoms with E-state index in [1.807, 2.05) is 0 Å². The number of carbonyl (C=O) groups is 3. The summed E-state index contributed by atoms with van der Waals surface area (Å²) in [6.07, 6.45) is 4.08. The van der Waals surface area contributed by atoms with Crippen LogP contribution >= 0.6 is 0 Å². The summed E-state index contributed by atoms with van der Waals surface area (Å²) in [7, 11) is 0. The first-order chi connectivity index (χ1) is 12.1. The summed E-state index contributed by atoms with van der Waals surface area (Å²) in [6.45, 7) is 3.07. The Kier molecular flexibility index (Phi) is 7.16. The van der Waals surface area contributed by atoms with Crippen molar-refractivity contribution in [3.8, 4) is 0 Å². The van der Waals surface area contributed by atoms with Crippen LogP contribution in [-0.4, -0.2) is 43.6 Å². The number of benzene rings is 1. The fourth-order valence-electron chi connectivity index (χ4n) is 2.41. The van der Waals surface area contributed by atoms with Crippen molar-refractivity contribution in [1.29, 1.82) is 0 Å². The van der Waals surface area contributed by atoms with Crippen LogP contribution in [0.1, 0.15) is 30.1 Å². The first-order valence-corrected chi connectivity index (χ1v) is 8.24. The van der Waals surface area contributed by atoms with Gasteiger partial charge in [0.15, 0.2) is 0 Å². The SMILES string of the molecule is CCOC(=O)C=CC(=O)Nc1ccccc1C(=O)NCC1CCCO1. The number of ether oxygens (including phenoxy) is 2. The summed E-state index contributed by atoms with van der Waals surface area (Å²) < 4.78 is 10.2. The third-order valence-corrected chi connectivity index (χ3v) is 3.60. The molecule has 1 aromatic rings. The maximum Gasteiger partial charge on any atom is 0.330 e. The molecule has 1 heterocycles. The van der Waals surface area contributed by atoms with Gasteiger partial charge in [-0.05, 0) is 31.9 Å². The van der Waals surface area contributed by atoms with Crippen molar-refractivity contribution in [3.05, 3.63) is 42.0 Å². The molecule has 2 N–H and O–H groups in total. The van der Waals surface area contributed by atoms with Crippen LogP contribution in [0.15, 0.2) is 36.4 Å². The lowest BCUT2D eigenvalue weighted by atomic mass is 10.1. The lowest BCUT2D eigenvalue weighted by Crippen LogP contribution is -2.32. The van der Waals surface area contributed by atoms with Crippen molar-refractivity contribution in [3.63, 3.8) is 0 Å². The van der Waals surface area contributed by atoms with Crippen LogP contribution in [0.25, 0.3) is 0 Å². The molecule has 1 fully saturated rings. The zero-order valence-corrected chi connectivity index (χ0v) is 14.1. The molecule has 0 saturated carbocycles. The Labute approximate surface area is 146 Å². The van der Waals surface area contributed by atoms with Gasteiger partial charge >= 0.3 is 5.97 Å². The van der Waals surface area contributed by atoms with Crippen LogP contribution < -0.4 is 10.6 Å². The van der Waals surface area contributed by atoms with Gasteiger partial charge in [0.25, 0.3) is 5.91 Å². The molecular weight excluding hydrogens is 324 g/mol. The number of hydrogen-bond donors (Lipinski definition) is 2. The second-order valence-corrected chi connectivity index (χ2v) is 5.47. The molecule has 1 aliphatic heterocycles. The van der Waals surface area contributed by atoms with E-state index in [1.54, 1.807) is 31.2 Å². The molecule has 7 nitrogen and oxygen atoms in total. The fourth-order valence-corrected chi connectivity index (χ4v) is 2.41. The Morgan fingerprint density at radius 2 is 2.08 bits per heavy atom. The summed E-state index contributed by atoms with van der Waals surface area (Å²) in [5.41, 5.74) is 0.712. The van der Waals surface area contributed by atoms with Crippen LogP contribution in [0.5, 0.6) is 0 Å².